The number of methoxy groups -OCH3 is 1. The second-order valence-electron chi connectivity index (χ2n) is 5.81. The Balaban J connectivity index is 0.00000261. The highest BCUT2D eigenvalue weighted by Gasteiger charge is 2.11. The van der Waals surface area contributed by atoms with Crippen molar-refractivity contribution in [1.29, 1.82) is 0 Å². The van der Waals surface area contributed by atoms with Crippen molar-refractivity contribution in [1.82, 2.24) is 0 Å². The van der Waals surface area contributed by atoms with Crippen molar-refractivity contribution in [3.63, 3.8) is 0 Å². The monoisotopic (exact) mass is 503 g/mol. The van der Waals surface area contributed by atoms with Gasteiger partial charge in [0.1, 0.15) is 5.75 Å². The number of fused-ring (bicyclic) bond motifs is 1. The third kappa shape index (κ3) is 6.07. The smallest absolute Gasteiger partial charge is 0.193 e. The number of guanidine groups is 1. The van der Waals surface area contributed by atoms with Crippen LogP contribution in [0.5, 0.6) is 17.2 Å². The molecule has 1 aliphatic heterocycles. The van der Waals surface area contributed by atoms with Crippen molar-refractivity contribution in [3.05, 3.63) is 47.0 Å². The quantitative estimate of drug-likeness (QED) is 0.365. The summed E-state index contributed by atoms with van der Waals surface area (Å²) in [5.74, 6) is 2.53. The van der Waals surface area contributed by atoms with Crippen molar-refractivity contribution in [2.24, 2.45) is 10.7 Å². The van der Waals surface area contributed by atoms with Gasteiger partial charge in [-0.25, -0.2) is 0 Å². The highest BCUT2D eigenvalue weighted by atomic mass is 127. The van der Waals surface area contributed by atoms with Gasteiger partial charge in [-0.2, -0.15) is 0 Å². The Morgan fingerprint density at radius 3 is 2.70 bits per heavy atom. The maximum absolute atomic E-state index is 6.23. The Morgan fingerprint density at radius 1 is 1.19 bits per heavy atom. The second kappa shape index (κ2) is 10.5. The molecule has 3 N–H and O–H groups in total. The molecule has 1 aliphatic rings. The van der Waals surface area contributed by atoms with E-state index in [0.717, 1.165) is 29.2 Å². The molecule has 146 valence electrons. The van der Waals surface area contributed by atoms with E-state index in [2.05, 4.69) is 10.3 Å². The van der Waals surface area contributed by atoms with Crippen LogP contribution < -0.4 is 25.3 Å². The Hall–Kier alpha value is -1.87. The zero-order chi connectivity index (χ0) is 18.4. The van der Waals surface area contributed by atoms with Crippen LogP contribution in [-0.4, -0.2) is 32.8 Å². The largest absolute Gasteiger partial charge is 0.497 e. The molecule has 0 aliphatic carbocycles. The highest BCUT2D eigenvalue weighted by Crippen LogP contribution is 2.32. The van der Waals surface area contributed by atoms with Crippen molar-refractivity contribution in [3.8, 4) is 17.2 Å². The summed E-state index contributed by atoms with van der Waals surface area (Å²) in [6.07, 6.45) is 1.56. The number of anilines is 1. The van der Waals surface area contributed by atoms with Gasteiger partial charge in [-0.05, 0) is 36.2 Å². The molecule has 3 rings (SSSR count). The van der Waals surface area contributed by atoms with Gasteiger partial charge in [0.15, 0.2) is 17.5 Å². The molecule has 0 aromatic heterocycles. The summed E-state index contributed by atoms with van der Waals surface area (Å²) in [6.45, 7) is 1.83. The molecule has 0 radical (unpaired) electrons. The molecule has 0 amide bonds. The number of hydrogen-bond donors (Lipinski definition) is 2. The number of benzene rings is 2. The van der Waals surface area contributed by atoms with Crippen LogP contribution in [0.15, 0.2) is 41.4 Å². The number of nitrogens with two attached hydrogens (primary N) is 1. The molecule has 0 fully saturated rings. The number of nitrogens with zero attached hydrogens (tertiary/aromatic N) is 1. The molecular weight excluding hydrogens is 481 g/mol. The fraction of sp³-hybridized carbons (Fsp3) is 0.316. The third-order valence-electron chi connectivity index (χ3n) is 3.94. The molecule has 2 aromatic rings. The third-order valence-corrected chi connectivity index (χ3v) is 4.30. The standard InChI is InChI=1S/C19H22ClN3O3.HI/c1-24-15-5-3-13(16(20)12-15)7-8-22-19(21)23-14-4-6-17-18(11-14)26-10-2-9-25-17;/h3-6,11-12H,2,7-10H2,1H3,(H3,21,22,23);1H. The van der Waals surface area contributed by atoms with Crippen LogP contribution in [0.4, 0.5) is 5.69 Å². The van der Waals surface area contributed by atoms with E-state index in [4.69, 9.17) is 31.5 Å². The van der Waals surface area contributed by atoms with Gasteiger partial charge in [0.05, 0.1) is 20.3 Å². The van der Waals surface area contributed by atoms with Gasteiger partial charge in [0, 0.05) is 29.7 Å². The lowest BCUT2D eigenvalue weighted by atomic mass is 10.1. The van der Waals surface area contributed by atoms with Crippen molar-refractivity contribution < 1.29 is 14.2 Å². The average Bonchev–Trinajstić information content (AvgIpc) is 2.88. The number of hydrogen-bond acceptors (Lipinski definition) is 4. The number of ether oxygens (including phenoxy) is 3. The fourth-order valence-corrected chi connectivity index (χ4v) is 2.85. The summed E-state index contributed by atoms with van der Waals surface area (Å²) in [5.41, 5.74) is 7.78. The summed E-state index contributed by atoms with van der Waals surface area (Å²) in [5, 5.41) is 3.73. The van der Waals surface area contributed by atoms with E-state index in [9.17, 15) is 0 Å². The lowest BCUT2D eigenvalue weighted by molar-refractivity contribution is 0.297. The first-order valence-corrected chi connectivity index (χ1v) is 8.82. The van der Waals surface area contributed by atoms with Crippen molar-refractivity contribution in [2.45, 2.75) is 12.8 Å². The van der Waals surface area contributed by atoms with Gasteiger partial charge >= 0.3 is 0 Å². The van der Waals surface area contributed by atoms with Gasteiger partial charge in [0.2, 0.25) is 0 Å². The van der Waals surface area contributed by atoms with Crippen LogP contribution in [0.1, 0.15) is 12.0 Å². The van der Waals surface area contributed by atoms with Gasteiger partial charge in [-0.1, -0.05) is 17.7 Å². The van der Waals surface area contributed by atoms with Crippen LogP contribution >= 0.6 is 35.6 Å². The van der Waals surface area contributed by atoms with E-state index in [1.807, 2.05) is 30.3 Å². The Bertz CT molecular complexity index is 802. The van der Waals surface area contributed by atoms with E-state index in [1.165, 1.54) is 0 Å². The predicted octanol–water partition coefficient (Wildman–Crippen LogP) is 4.10. The van der Waals surface area contributed by atoms with Crippen molar-refractivity contribution >= 4 is 47.2 Å². The summed E-state index contributed by atoms with van der Waals surface area (Å²) < 4.78 is 16.4. The number of aliphatic imine (C=N–C) groups is 1. The molecule has 8 heteroatoms. The molecule has 6 nitrogen and oxygen atoms in total. The molecule has 0 atom stereocenters. The molecule has 0 unspecified atom stereocenters. The molecule has 0 spiro atoms. The summed E-state index contributed by atoms with van der Waals surface area (Å²) >= 11 is 6.23. The van der Waals surface area contributed by atoms with E-state index < -0.39 is 0 Å². The van der Waals surface area contributed by atoms with E-state index in [1.54, 1.807) is 13.2 Å². The molecule has 0 bridgehead atoms. The maximum atomic E-state index is 6.23. The lowest BCUT2D eigenvalue weighted by Crippen LogP contribution is -2.23. The van der Waals surface area contributed by atoms with Crippen LogP contribution in [0.2, 0.25) is 5.02 Å². The first-order chi connectivity index (χ1) is 12.7. The van der Waals surface area contributed by atoms with Gasteiger partial charge in [-0.15, -0.1) is 24.0 Å². The van der Waals surface area contributed by atoms with Gasteiger partial charge < -0.3 is 25.3 Å². The number of rotatable bonds is 5. The van der Waals surface area contributed by atoms with E-state index in [-0.39, 0.29) is 24.0 Å². The SMILES string of the molecule is COc1ccc(CCN=C(N)Nc2ccc3c(c2)OCCCO3)c(Cl)c1.I. The molecule has 1 heterocycles. The molecule has 0 saturated heterocycles. The molecule has 2 aromatic carbocycles. The zero-order valence-corrected chi connectivity index (χ0v) is 18.1. The van der Waals surface area contributed by atoms with Crippen LogP contribution in [-0.2, 0) is 6.42 Å². The normalized spacial score (nSPS) is 13.3. The van der Waals surface area contributed by atoms with Gasteiger partial charge in [-0.3, -0.25) is 4.99 Å². The molecule has 0 saturated carbocycles. The highest BCUT2D eigenvalue weighted by molar-refractivity contribution is 14.0. The lowest BCUT2D eigenvalue weighted by Gasteiger charge is -2.11. The van der Waals surface area contributed by atoms with E-state index >= 15 is 0 Å². The summed E-state index contributed by atoms with van der Waals surface area (Å²) in [4.78, 5) is 4.35. The Morgan fingerprint density at radius 2 is 1.96 bits per heavy atom. The number of nitrogens with one attached hydrogen (secondary N) is 1. The van der Waals surface area contributed by atoms with Crippen LogP contribution in [0.25, 0.3) is 0 Å². The first-order valence-electron chi connectivity index (χ1n) is 8.45. The van der Waals surface area contributed by atoms with Gasteiger partial charge in [0.25, 0.3) is 0 Å². The topological polar surface area (TPSA) is 78.1 Å². The minimum Gasteiger partial charge on any atom is -0.497 e. The summed E-state index contributed by atoms with van der Waals surface area (Å²) in [7, 11) is 1.61. The second-order valence-corrected chi connectivity index (χ2v) is 6.22. The van der Waals surface area contributed by atoms with E-state index in [0.29, 0.717) is 42.9 Å². The maximum Gasteiger partial charge on any atom is 0.193 e. The minimum atomic E-state index is 0. The Kier molecular flexibility index (Phi) is 8.30. The van der Waals surface area contributed by atoms with Crippen LogP contribution in [0, 0.1) is 0 Å². The predicted molar refractivity (Wildman–Crippen MR) is 119 cm³/mol. The average molecular weight is 504 g/mol. The summed E-state index contributed by atoms with van der Waals surface area (Å²) in [6, 6.07) is 11.2. The van der Waals surface area contributed by atoms with Crippen LogP contribution in [0.3, 0.4) is 0 Å². The number of halogens is 2. The Labute approximate surface area is 181 Å². The zero-order valence-electron chi connectivity index (χ0n) is 15.0. The molecular formula is C19H23ClIN3O3. The van der Waals surface area contributed by atoms with Crippen molar-refractivity contribution in [2.75, 3.05) is 32.2 Å². The first kappa shape index (κ1) is 21.4. The molecule has 27 heavy (non-hydrogen) atoms. The minimum absolute atomic E-state index is 0. The fourth-order valence-electron chi connectivity index (χ4n) is 2.58.